The van der Waals surface area contributed by atoms with Crippen LogP contribution in [0.25, 0.3) is 11.2 Å². The van der Waals surface area contributed by atoms with E-state index in [1.54, 1.807) is 49.4 Å². The maximum atomic E-state index is 12.2. The molecule has 0 unspecified atom stereocenters. The van der Waals surface area contributed by atoms with Crippen molar-refractivity contribution in [2.24, 2.45) is 26.2 Å². The van der Waals surface area contributed by atoms with Crippen molar-refractivity contribution < 1.29 is 0 Å². The molecule has 9 heteroatoms. The molecule has 9 nitrogen and oxygen atoms in total. The fourth-order valence-corrected chi connectivity index (χ4v) is 2.23. The smallest absolute Gasteiger partial charge is 0.306 e. The molecule has 3 aromatic rings. The minimum absolute atomic E-state index is 0.308. The monoisotopic (exact) mass is 313 g/mol. The van der Waals surface area contributed by atoms with E-state index >= 15 is 0 Å². The molecule has 1 N–H and O–H groups in total. The van der Waals surface area contributed by atoms with Gasteiger partial charge in [0.2, 0.25) is 5.95 Å². The number of hydrazone groups is 1. The molecule has 3 rings (SSSR count). The highest BCUT2D eigenvalue weighted by molar-refractivity contribution is 5.80. The molecule has 3 aromatic heterocycles. The highest BCUT2D eigenvalue weighted by Gasteiger charge is 2.16. The van der Waals surface area contributed by atoms with Crippen LogP contribution in [0.15, 0.2) is 39.2 Å². The van der Waals surface area contributed by atoms with Crippen LogP contribution in [0.5, 0.6) is 0 Å². The molecule has 0 radical (unpaired) electrons. The van der Waals surface area contributed by atoms with Crippen LogP contribution in [0.4, 0.5) is 5.95 Å². The Balaban J connectivity index is 2.03. The van der Waals surface area contributed by atoms with E-state index < -0.39 is 11.2 Å². The Morgan fingerprint density at radius 1 is 1.09 bits per heavy atom. The van der Waals surface area contributed by atoms with Crippen molar-refractivity contribution in [1.29, 1.82) is 0 Å². The molecule has 0 aliphatic heterocycles. The number of nitrogens with one attached hydrogen (secondary N) is 1. The van der Waals surface area contributed by atoms with Gasteiger partial charge in [0.1, 0.15) is 0 Å². The molecule has 0 saturated heterocycles. The van der Waals surface area contributed by atoms with Crippen molar-refractivity contribution in [1.82, 2.24) is 23.7 Å². The zero-order valence-corrected chi connectivity index (χ0v) is 12.9. The van der Waals surface area contributed by atoms with Gasteiger partial charge in [0.05, 0.1) is 6.21 Å². The zero-order chi connectivity index (χ0) is 16.6. The Bertz CT molecular complexity index is 1010. The van der Waals surface area contributed by atoms with Crippen LogP contribution in [0.1, 0.15) is 5.56 Å². The number of aromatic nitrogens is 5. The highest BCUT2D eigenvalue weighted by atomic mass is 16.2. The Labute approximate surface area is 130 Å². The van der Waals surface area contributed by atoms with Gasteiger partial charge >= 0.3 is 5.69 Å². The fraction of sp³-hybridized carbons (Fsp3) is 0.214. The molecule has 0 atom stereocenters. The van der Waals surface area contributed by atoms with E-state index in [-0.39, 0.29) is 0 Å². The average Bonchev–Trinajstić information content (AvgIpc) is 2.89. The Morgan fingerprint density at radius 3 is 2.48 bits per heavy atom. The average molecular weight is 313 g/mol. The molecule has 0 aliphatic carbocycles. The predicted molar refractivity (Wildman–Crippen MR) is 86.6 cm³/mol. The van der Waals surface area contributed by atoms with E-state index in [9.17, 15) is 9.59 Å². The lowest BCUT2D eigenvalue weighted by Gasteiger charge is -2.03. The minimum atomic E-state index is -0.424. The van der Waals surface area contributed by atoms with Crippen LogP contribution in [0.2, 0.25) is 0 Å². The van der Waals surface area contributed by atoms with E-state index in [4.69, 9.17) is 0 Å². The third-order valence-corrected chi connectivity index (χ3v) is 3.56. The van der Waals surface area contributed by atoms with Gasteiger partial charge in [0.25, 0.3) is 5.56 Å². The highest BCUT2D eigenvalue weighted by Crippen LogP contribution is 2.12. The Kier molecular flexibility index (Phi) is 3.53. The summed E-state index contributed by atoms with van der Waals surface area (Å²) in [5.41, 5.74) is 3.47. The number of hydrogen-bond donors (Lipinski definition) is 1. The summed E-state index contributed by atoms with van der Waals surface area (Å²) < 4.78 is 3.95. The normalized spacial score (nSPS) is 11.4. The van der Waals surface area contributed by atoms with E-state index in [2.05, 4.69) is 20.5 Å². The number of rotatable bonds is 3. The molecule has 0 bridgehead atoms. The number of hydrogen-bond acceptors (Lipinski definition) is 6. The second-order valence-electron chi connectivity index (χ2n) is 5.02. The van der Waals surface area contributed by atoms with Crippen molar-refractivity contribution in [2.45, 2.75) is 0 Å². The zero-order valence-electron chi connectivity index (χ0n) is 12.9. The van der Waals surface area contributed by atoms with Crippen molar-refractivity contribution >= 4 is 23.3 Å². The van der Waals surface area contributed by atoms with E-state index in [1.165, 1.54) is 11.6 Å². The lowest BCUT2D eigenvalue weighted by molar-refractivity contribution is 0.705. The minimum Gasteiger partial charge on any atom is -0.306 e. The van der Waals surface area contributed by atoms with Gasteiger partial charge in [-0.15, -0.1) is 0 Å². The predicted octanol–water partition coefficient (Wildman–Crippen LogP) is -0.188. The summed E-state index contributed by atoms with van der Waals surface area (Å²) in [6, 6.07) is 3.61. The maximum Gasteiger partial charge on any atom is 0.332 e. The number of anilines is 1. The van der Waals surface area contributed by atoms with Gasteiger partial charge in [-0.2, -0.15) is 10.1 Å². The summed E-state index contributed by atoms with van der Waals surface area (Å²) in [6.45, 7) is 0. The standard InChI is InChI=1S/C14H15N7O2/c1-19-10-11(20(2)14(23)21(3)12(10)22)17-13(19)18-16-8-9-4-6-15-7-5-9/h4-8H,1-3H3,(H,17,18)/b16-8-. The molecule has 0 saturated carbocycles. The van der Waals surface area contributed by atoms with Crippen LogP contribution in [0.3, 0.4) is 0 Å². The summed E-state index contributed by atoms with van der Waals surface area (Å²) in [5.74, 6) is 0.364. The summed E-state index contributed by atoms with van der Waals surface area (Å²) in [4.78, 5) is 32.4. The first kappa shape index (κ1) is 14.7. The number of nitrogens with zero attached hydrogens (tertiary/aromatic N) is 6. The summed E-state index contributed by atoms with van der Waals surface area (Å²) in [6.07, 6.45) is 4.93. The number of aryl methyl sites for hydroxylation is 2. The molecule has 0 aromatic carbocycles. The second kappa shape index (κ2) is 5.52. The molecule has 0 amide bonds. The summed E-state index contributed by atoms with van der Waals surface area (Å²) >= 11 is 0. The summed E-state index contributed by atoms with van der Waals surface area (Å²) in [7, 11) is 4.69. The van der Waals surface area contributed by atoms with Crippen LogP contribution in [-0.2, 0) is 21.1 Å². The molecule has 0 fully saturated rings. The first-order valence-electron chi connectivity index (χ1n) is 6.82. The Morgan fingerprint density at radius 2 is 1.78 bits per heavy atom. The van der Waals surface area contributed by atoms with Crippen molar-refractivity contribution in [3.63, 3.8) is 0 Å². The quantitative estimate of drug-likeness (QED) is 0.534. The van der Waals surface area contributed by atoms with Gasteiger partial charge in [0.15, 0.2) is 11.2 Å². The Hall–Kier alpha value is -3.23. The number of fused-ring (bicyclic) bond motifs is 1. The van der Waals surface area contributed by atoms with Crippen molar-refractivity contribution in [3.05, 3.63) is 50.9 Å². The van der Waals surface area contributed by atoms with Gasteiger partial charge in [-0.3, -0.25) is 18.9 Å². The van der Waals surface area contributed by atoms with E-state index in [0.29, 0.717) is 17.1 Å². The maximum absolute atomic E-state index is 12.2. The van der Waals surface area contributed by atoms with Crippen LogP contribution in [-0.4, -0.2) is 29.9 Å². The molecule has 3 heterocycles. The van der Waals surface area contributed by atoms with Gasteiger partial charge < -0.3 is 4.57 Å². The molecule has 0 aliphatic rings. The largest absolute Gasteiger partial charge is 0.332 e. The van der Waals surface area contributed by atoms with Gasteiger partial charge in [-0.1, -0.05) is 0 Å². The third kappa shape index (κ3) is 2.41. The molecule has 23 heavy (non-hydrogen) atoms. The lowest BCUT2D eigenvalue weighted by Crippen LogP contribution is -2.37. The number of pyridine rings is 1. The van der Waals surface area contributed by atoms with Crippen LogP contribution in [0, 0.1) is 0 Å². The topological polar surface area (TPSA) is 99.1 Å². The molecule has 118 valence electrons. The SMILES string of the molecule is Cn1c(=O)c2c(nc(N/N=C\c3ccncc3)n2C)n(C)c1=O. The first-order valence-corrected chi connectivity index (χ1v) is 6.82. The molecular weight excluding hydrogens is 298 g/mol. The van der Waals surface area contributed by atoms with Gasteiger partial charge in [-0.05, 0) is 17.7 Å². The lowest BCUT2D eigenvalue weighted by atomic mass is 10.3. The van der Waals surface area contributed by atoms with Gasteiger partial charge in [-0.25, -0.2) is 10.2 Å². The molecular formula is C14H15N7O2. The van der Waals surface area contributed by atoms with Gasteiger partial charge in [0, 0.05) is 33.5 Å². The second-order valence-corrected chi connectivity index (χ2v) is 5.02. The molecule has 0 spiro atoms. The van der Waals surface area contributed by atoms with Crippen molar-refractivity contribution in [3.8, 4) is 0 Å². The van der Waals surface area contributed by atoms with Crippen molar-refractivity contribution in [2.75, 3.05) is 5.43 Å². The third-order valence-electron chi connectivity index (χ3n) is 3.56. The number of imidazole rings is 1. The van der Waals surface area contributed by atoms with E-state index in [1.807, 2.05) is 0 Å². The van der Waals surface area contributed by atoms with Crippen LogP contribution < -0.4 is 16.7 Å². The van der Waals surface area contributed by atoms with E-state index in [0.717, 1.165) is 10.1 Å². The van der Waals surface area contributed by atoms with Crippen LogP contribution >= 0.6 is 0 Å². The first-order chi connectivity index (χ1) is 11.0. The summed E-state index contributed by atoms with van der Waals surface area (Å²) in [5, 5.41) is 4.09. The fourth-order valence-electron chi connectivity index (χ4n) is 2.23.